The summed E-state index contributed by atoms with van der Waals surface area (Å²) in [4.78, 5) is 25.6. The van der Waals surface area contributed by atoms with Gasteiger partial charge in [-0.2, -0.15) is 0 Å². The number of carbonyl (C=O) groups excluding carboxylic acids is 2. The summed E-state index contributed by atoms with van der Waals surface area (Å²) < 4.78 is 16.6. The molecule has 0 spiro atoms. The molecule has 0 aliphatic carbocycles. The molecule has 2 aromatic rings. The number of hydrogen-bond acceptors (Lipinski definition) is 6. The molecule has 0 fully saturated rings. The fraction of sp³-hybridized carbons (Fsp3) is 0.304. The van der Waals surface area contributed by atoms with Crippen LogP contribution in [0.25, 0.3) is 11.3 Å². The number of allylic oxidation sites excluding steroid dienone is 2. The predicted molar refractivity (Wildman–Crippen MR) is 114 cm³/mol. The van der Waals surface area contributed by atoms with Crippen LogP contribution in [0.15, 0.2) is 63.4 Å². The Morgan fingerprint density at radius 2 is 1.47 bits per heavy atom. The zero-order chi connectivity index (χ0) is 21.8. The topological polar surface area (TPSA) is 77.8 Å². The van der Waals surface area contributed by atoms with Gasteiger partial charge < -0.3 is 19.2 Å². The summed E-state index contributed by atoms with van der Waals surface area (Å²) in [6.45, 7) is 7.44. The molecule has 2 heterocycles. The molecule has 6 nitrogen and oxygen atoms in total. The number of furan rings is 1. The number of esters is 2. The smallest absolute Gasteiger partial charge is 0.336 e. The van der Waals surface area contributed by atoms with Crippen LogP contribution < -0.4 is 5.32 Å². The second-order valence-corrected chi connectivity index (χ2v) is 7.22. The zero-order valence-electron chi connectivity index (χ0n) is 17.4. The molecule has 1 N–H and O–H groups in total. The van der Waals surface area contributed by atoms with Crippen LogP contribution in [0, 0.1) is 0 Å². The van der Waals surface area contributed by atoms with Crippen molar-refractivity contribution in [1.29, 1.82) is 0 Å². The Hall–Kier alpha value is -2.99. The van der Waals surface area contributed by atoms with E-state index in [-0.39, 0.29) is 13.2 Å². The molecule has 1 aromatic carbocycles. The van der Waals surface area contributed by atoms with E-state index < -0.39 is 17.9 Å². The van der Waals surface area contributed by atoms with E-state index in [1.807, 2.05) is 12.1 Å². The van der Waals surface area contributed by atoms with E-state index in [0.717, 1.165) is 5.56 Å². The number of ether oxygens (including phenoxy) is 2. The maximum absolute atomic E-state index is 12.8. The third-order valence-corrected chi connectivity index (χ3v) is 5.04. The van der Waals surface area contributed by atoms with Gasteiger partial charge in [-0.3, -0.25) is 0 Å². The number of halogens is 1. The Balaban J connectivity index is 2.11. The van der Waals surface area contributed by atoms with Crippen LogP contribution >= 0.6 is 11.6 Å². The third-order valence-electron chi connectivity index (χ3n) is 4.79. The average Bonchev–Trinajstić information content (AvgIpc) is 3.18. The predicted octanol–water partition coefficient (Wildman–Crippen LogP) is 4.96. The molecule has 1 aliphatic rings. The van der Waals surface area contributed by atoms with Crippen LogP contribution in [0.5, 0.6) is 0 Å². The van der Waals surface area contributed by atoms with E-state index in [1.54, 1.807) is 52.0 Å². The number of carbonyl (C=O) groups is 2. The maximum atomic E-state index is 12.8. The van der Waals surface area contributed by atoms with Crippen molar-refractivity contribution in [2.24, 2.45) is 0 Å². The molecule has 158 valence electrons. The van der Waals surface area contributed by atoms with Crippen molar-refractivity contribution in [3.63, 3.8) is 0 Å². The summed E-state index contributed by atoms with van der Waals surface area (Å²) in [6.07, 6.45) is 0. The summed E-state index contributed by atoms with van der Waals surface area (Å²) in [5.74, 6) is -0.712. The minimum absolute atomic E-state index is 0.216. The summed E-state index contributed by atoms with van der Waals surface area (Å²) >= 11 is 5.97. The molecule has 30 heavy (non-hydrogen) atoms. The van der Waals surface area contributed by atoms with Crippen LogP contribution in [0.3, 0.4) is 0 Å². The standard InChI is InChI=1S/C23H24ClNO5/c1-5-28-22(26)19-13(3)25-14(4)20(23(27)29-6-2)21(19)18-12-11-17(30-18)15-7-9-16(24)10-8-15/h7-12,21,25H,5-6H2,1-4H3. The molecule has 0 bridgehead atoms. The Morgan fingerprint density at radius 3 is 1.97 bits per heavy atom. The molecule has 0 unspecified atom stereocenters. The highest BCUT2D eigenvalue weighted by atomic mass is 35.5. The third kappa shape index (κ3) is 4.28. The highest BCUT2D eigenvalue weighted by Crippen LogP contribution is 2.41. The largest absolute Gasteiger partial charge is 0.463 e. The first-order chi connectivity index (χ1) is 14.4. The number of rotatable bonds is 6. The van der Waals surface area contributed by atoms with Crippen molar-refractivity contribution in [3.05, 3.63) is 69.7 Å². The molecule has 1 aromatic heterocycles. The van der Waals surface area contributed by atoms with Crippen molar-refractivity contribution < 1.29 is 23.5 Å². The first kappa shape index (κ1) is 21.7. The van der Waals surface area contributed by atoms with Crippen molar-refractivity contribution in [1.82, 2.24) is 5.32 Å². The summed E-state index contributed by atoms with van der Waals surface area (Å²) in [7, 11) is 0. The van der Waals surface area contributed by atoms with Crippen molar-refractivity contribution in [2.75, 3.05) is 13.2 Å². The van der Waals surface area contributed by atoms with Crippen molar-refractivity contribution in [2.45, 2.75) is 33.6 Å². The summed E-state index contributed by atoms with van der Waals surface area (Å²) in [6, 6.07) is 10.8. The van der Waals surface area contributed by atoms with Gasteiger partial charge in [0.1, 0.15) is 11.5 Å². The molecule has 0 saturated carbocycles. The van der Waals surface area contributed by atoms with E-state index in [9.17, 15) is 9.59 Å². The van der Waals surface area contributed by atoms with E-state index in [2.05, 4.69) is 5.32 Å². The SMILES string of the molecule is CCOC(=O)C1=C(C)NC(C)=C(C(=O)OCC)C1c1ccc(-c2ccc(Cl)cc2)o1. The van der Waals surface area contributed by atoms with Crippen molar-refractivity contribution >= 4 is 23.5 Å². The van der Waals surface area contributed by atoms with Crippen LogP contribution in [0.1, 0.15) is 39.4 Å². The highest BCUT2D eigenvalue weighted by Gasteiger charge is 2.39. The first-order valence-electron chi connectivity index (χ1n) is 9.75. The molecular formula is C23H24ClNO5. The molecule has 0 atom stereocenters. The lowest BCUT2D eigenvalue weighted by Gasteiger charge is -2.28. The van der Waals surface area contributed by atoms with E-state index in [0.29, 0.717) is 39.1 Å². The van der Waals surface area contributed by atoms with Gasteiger partial charge >= 0.3 is 11.9 Å². The maximum Gasteiger partial charge on any atom is 0.336 e. The van der Waals surface area contributed by atoms with E-state index in [4.69, 9.17) is 25.5 Å². The van der Waals surface area contributed by atoms with Crippen LogP contribution in [0.2, 0.25) is 5.02 Å². The fourth-order valence-corrected chi connectivity index (χ4v) is 3.64. The van der Waals surface area contributed by atoms with Gasteiger partial charge in [-0.15, -0.1) is 0 Å². The Morgan fingerprint density at radius 1 is 0.933 bits per heavy atom. The molecule has 1 aliphatic heterocycles. The number of benzene rings is 1. The van der Waals surface area contributed by atoms with Gasteiger partial charge in [0.05, 0.1) is 30.3 Å². The van der Waals surface area contributed by atoms with E-state index in [1.165, 1.54) is 0 Å². The van der Waals surface area contributed by atoms with Gasteiger partial charge in [-0.1, -0.05) is 11.6 Å². The quantitative estimate of drug-likeness (QED) is 0.654. The molecule has 0 amide bonds. The van der Waals surface area contributed by atoms with Gasteiger partial charge in [0.25, 0.3) is 0 Å². The van der Waals surface area contributed by atoms with Gasteiger partial charge in [0.2, 0.25) is 0 Å². The molecule has 7 heteroatoms. The van der Waals surface area contributed by atoms with Crippen LogP contribution in [-0.2, 0) is 19.1 Å². The molecule has 0 radical (unpaired) electrons. The van der Waals surface area contributed by atoms with Crippen LogP contribution in [-0.4, -0.2) is 25.2 Å². The molecule has 0 saturated heterocycles. The second-order valence-electron chi connectivity index (χ2n) is 6.79. The molecule has 3 rings (SSSR count). The van der Waals surface area contributed by atoms with Crippen molar-refractivity contribution in [3.8, 4) is 11.3 Å². The lowest BCUT2D eigenvalue weighted by atomic mass is 9.83. The minimum Gasteiger partial charge on any atom is -0.463 e. The van der Waals surface area contributed by atoms with Gasteiger partial charge in [-0.05, 0) is 64.1 Å². The Bertz CT molecular complexity index is 976. The lowest BCUT2D eigenvalue weighted by Crippen LogP contribution is -2.32. The second kappa shape index (κ2) is 9.22. The minimum atomic E-state index is -0.745. The van der Waals surface area contributed by atoms with E-state index >= 15 is 0 Å². The fourth-order valence-electron chi connectivity index (χ4n) is 3.51. The summed E-state index contributed by atoms with van der Waals surface area (Å²) in [5.41, 5.74) is 2.68. The summed E-state index contributed by atoms with van der Waals surface area (Å²) in [5, 5.41) is 3.72. The monoisotopic (exact) mass is 429 g/mol. The van der Waals surface area contributed by atoms with Gasteiger partial charge in [0.15, 0.2) is 0 Å². The zero-order valence-corrected chi connectivity index (χ0v) is 18.1. The Kier molecular flexibility index (Phi) is 6.67. The first-order valence-corrected chi connectivity index (χ1v) is 10.1. The highest BCUT2D eigenvalue weighted by molar-refractivity contribution is 6.30. The van der Waals surface area contributed by atoms with Gasteiger partial charge in [0, 0.05) is 22.0 Å². The molecular weight excluding hydrogens is 406 g/mol. The average molecular weight is 430 g/mol. The van der Waals surface area contributed by atoms with Crippen LogP contribution in [0.4, 0.5) is 0 Å². The van der Waals surface area contributed by atoms with Gasteiger partial charge in [-0.25, -0.2) is 9.59 Å². The lowest BCUT2D eigenvalue weighted by molar-refractivity contribution is -0.139. The normalized spacial score (nSPS) is 14.6. The number of nitrogens with one attached hydrogen (secondary N) is 1. The Labute approximate surface area is 180 Å². The number of dihydropyridines is 1. The number of hydrogen-bond donors (Lipinski definition) is 1.